The van der Waals surface area contributed by atoms with Crippen molar-refractivity contribution in [2.75, 3.05) is 0 Å². The maximum atomic E-state index is 11.1. The van der Waals surface area contributed by atoms with E-state index in [1.54, 1.807) is 0 Å². The van der Waals surface area contributed by atoms with Crippen molar-refractivity contribution in [2.24, 2.45) is 23.7 Å². The van der Waals surface area contributed by atoms with Crippen LogP contribution < -0.4 is 0 Å². The molecule has 4 atom stereocenters. The third-order valence-corrected chi connectivity index (χ3v) is 3.33. The summed E-state index contributed by atoms with van der Waals surface area (Å²) in [6, 6.07) is 0. The lowest BCUT2D eigenvalue weighted by molar-refractivity contribution is -0.155. The molecule has 110 valence electrons. The Kier molecular flexibility index (Phi) is 4.84. The van der Waals surface area contributed by atoms with Crippen molar-refractivity contribution < 1.29 is 39.6 Å². The molecule has 0 radical (unpaired) electrons. The third kappa shape index (κ3) is 3.56. The number of aliphatic carboxylic acids is 4. The van der Waals surface area contributed by atoms with E-state index in [0.29, 0.717) is 0 Å². The van der Waals surface area contributed by atoms with Crippen LogP contribution in [0.1, 0.15) is 12.8 Å². The zero-order valence-corrected chi connectivity index (χ0v) is 10.3. The van der Waals surface area contributed by atoms with Gasteiger partial charge in [0.1, 0.15) is 0 Å². The first kappa shape index (κ1) is 15.7. The van der Waals surface area contributed by atoms with E-state index >= 15 is 0 Å². The molecular formula is C12H14O8. The predicted octanol–water partition coefficient (Wildman–Crippen LogP) is 0.140. The van der Waals surface area contributed by atoms with E-state index in [-0.39, 0.29) is 6.42 Å². The average Bonchev–Trinajstić information content (AvgIpc) is 2.26. The van der Waals surface area contributed by atoms with E-state index in [1.165, 1.54) is 0 Å². The quantitative estimate of drug-likeness (QED) is 0.533. The highest BCUT2D eigenvalue weighted by molar-refractivity contribution is 5.83. The summed E-state index contributed by atoms with van der Waals surface area (Å²) in [5.74, 6) is -10.7. The third-order valence-electron chi connectivity index (χ3n) is 3.33. The first-order chi connectivity index (χ1) is 9.23. The number of hydrogen-bond donors (Lipinski definition) is 4. The van der Waals surface area contributed by atoms with Gasteiger partial charge in [0.15, 0.2) is 0 Å². The molecule has 0 amide bonds. The van der Waals surface area contributed by atoms with Crippen LogP contribution in [0.4, 0.5) is 0 Å². The summed E-state index contributed by atoms with van der Waals surface area (Å²) in [6.07, 6.45) is 1.40. The van der Waals surface area contributed by atoms with Crippen LogP contribution in [0.25, 0.3) is 0 Å². The highest BCUT2D eigenvalue weighted by Gasteiger charge is 2.39. The maximum absolute atomic E-state index is 11.1. The van der Waals surface area contributed by atoms with Crippen molar-refractivity contribution in [3.8, 4) is 0 Å². The summed E-state index contributed by atoms with van der Waals surface area (Å²) in [5, 5.41) is 36.0. The van der Waals surface area contributed by atoms with Gasteiger partial charge in [-0.1, -0.05) is 12.2 Å². The van der Waals surface area contributed by atoms with Crippen LogP contribution in [0.5, 0.6) is 0 Å². The number of carboxylic acids is 4. The molecular weight excluding hydrogens is 272 g/mol. The van der Waals surface area contributed by atoms with Crippen LogP contribution in [0, 0.1) is 23.7 Å². The monoisotopic (exact) mass is 286 g/mol. The molecule has 0 aromatic rings. The predicted molar refractivity (Wildman–Crippen MR) is 62.9 cm³/mol. The SMILES string of the molecule is O=C(O)C1C=CC(C(=O)O)C(C(=O)O)CC(C(=O)O)C1. The fraction of sp³-hybridized carbons (Fsp3) is 0.500. The van der Waals surface area contributed by atoms with Gasteiger partial charge in [-0.25, -0.2) is 0 Å². The minimum absolute atomic E-state index is 0.267. The number of rotatable bonds is 4. The molecule has 1 aliphatic rings. The summed E-state index contributed by atoms with van der Waals surface area (Å²) < 4.78 is 0. The molecule has 0 heterocycles. The zero-order valence-electron chi connectivity index (χ0n) is 10.3. The second kappa shape index (κ2) is 6.18. The van der Waals surface area contributed by atoms with Gasteiger partial charge in [-0.05, 0) is 12.8 Å². The van der Waals surface area contributed by atoms with Gasteiger partial charge in [0.25, 0.3) is 0 Å². The Labute approximate surface area is 113 Å². The zero-order chi connectivity index (χ0) is 15.4. The summed E-state index contributed by atoms with van der Waals surface area (Å²) >= 11 is 0. The highest BCUT2D eigenvalue weighted by atomic mass is 16.4. The lowest BCUT2D eigenvalue weighted by Gasteiger charge is -2.25. The largest absolute Gasteiger partial charge is 0.481 e. The molecule has 4 unspecified atom stereocenters. The van der Waals surface area contributed by atoms with Gasteiger partial charge in [0, 0.05) is 0 Å². The number of carboxylic acid groups (broad SMARTS) is 4. The molecule has 0 bridgehead atoms. The normalized spacial score (nSPS) is 30.0. The van der Waals surface area contributed by atoms with E-state index in [2.05, 4.69) is 0 Å². The van der Waals surface area contributed by atoms with E-state index in [4.69, 9.17) is 20.4 Å². The molecule has 0 aromatic carbocycles. The molecule has 4 N–H and O–H groups in total. The van der Waals surface area contributed by atoms with Gasteiger partial charge in [-0.15, -0.1) is 0 Å². The first-order valence-electron chi connectivity index (χ1n) is 5.83. The van der Waals surface area contributed by atoms with Crippen molar-refractivity contribution in [3.63, 3.8) is 0 Å². The Morgan fingerprint density at radius 3 is 1.75 bits per heavy atom. The standard InChI is InChI=1S/C12H14O8/c13-9(14)5-1-2-7(11(17)18)8(12(19)20)4-6(3-5)10(15)16/h1-2,5-8H,3-4H2,(H,13,14)(H,15,16)(H,17,18)(H,19,20). The van der Waals surface area contributed by atoms with Crippen molar-refractivity contribution >= 4 is 23.9 Å². The minimum Gasteiger partial charge on any atom is -0.481 e. The van der Waals surface area contributed by atoms with Crippen molar-refractivity contribution in [1.29, 1.82) is 0 Å². The van der Waals surface area contributed by atoms with Gasteiger partial charge in [0.05, 0.1) is 23.7 Å². The van der Waals surface area contributed by atoms with E-state index < -0.39 is 54.0 Å². The van der Waals surface area contributed by atoms with Gasteiger partial charge >= 0.3 is 23.9 Å². The van der Waals surface area contributed by atoms with Crippen LogP contribution in [0.15, 0.2) is 12.2 Å². The van der Waals surface area contributed by atoms with Crippen molar-refractivity contribution in [3.05, 3.63) is 12.2 Å². The Morgan fingerprint density at radius 2 is 1.35 bits per heavy atom. The summed E-state index contributed by atoms with van der Waals surface area (Å²) in [7, 11) is 0. The molecule has 0 spiro atoms. The van der Waals surface area contributed by atoms with Crippen LogP contribution >= 0.6 is 0 Å². The number of hydrogen-bond acceptors (Lipinski definition) is 4. The van der Waals surface area contributed by atoms with E-state index in [0.717, 1.165) is 12.2 Å². The van der Waals surface area contributed by atoms with E-state index in [1.807, 2.05) is 0 Å². The Balaban J connectivity index is 3.19. The van der Waals surface area contributed by atoms with Crippen LogP contribution in [-0.2, 0) is 19.2 Å². The average molecular weight is 286 g/mol. The fourth-order valence-corrected chi connectivity index (χ4v) is 2.22. The molecule has 0 saturated heterocycles. The molecule has 1 rings (SSSR count). The van der Waals surface area contributed by atoms with E-state index in [9.17, 15) is 19.2 Å². The Bertz CT molecular complexity index is 466. The summed E-state index contributed by atoms with van der Waals surface area (Å²) in [6.45, 7) is 0. The van der Waals surface area contributed by atoms with Gasteiger partial charge in [-0.3, -0.25) is 19.2 Å². The summed E-state index contributed by atoms with van der Waals surface area (Å²) in [5.41, 5.74) is 0. The molecule has 0 aliphatic heterocycles. The second-order valence-electron chi connectivity index (χ2n) is 4.64. The van der Waals surface area contributed by atoms with Gasteiger partial charge < -0.3 is 20.4 Å². The fourth-order valence-electron chi connectivity index (χ4n) is 2.22. The first-order valence-corrected chi connectivity index (χ1v) is 5.83. The van der Waals surface area contributed by atoms with Gasteiger partial charge in [0.2, 0.25) is 0 Å². The maximum Gasteiger partial charge on any atom is 0.311 e. The summed E-state index contributed by atoms with van der Waals surface area (Å²) in [4.78, 5) is 44.2. The Morgan fingerprint density at radius 1 is 0.750 bits per heavy atom. The molecule has 8 heteroatoms. The molecule has 20 heavy (non-hydrogen) atoms. The smallest absolute Gasteiger partial charge is 0.311 e. The molecule has 1 aliphatic carbocycles. The molecule has 0 fully saturated rings. The molecule has 8 nitrogen and oxygen atoms in total. The van der Waals surface area contributed by atoms with Crippen molar-refractivity contribution in [1.82, 2.24) is 0 Å². The lowest BCUT2D eigenvalue weighted by Crippen LogP contribution is -2.35. The number of carbonyl (C=O) groups is 4. The molecule has 0 aromatic heterocycles. The highest BCUT2D eigenvalue weighted by Crippen LogP contribution is 2.31. The van der Waals surface area contributed by atoms with Crippen LogP contribution in [-0.4, -0.2) is 44.3 Å². The topological polar surface area (TPSA) is 149 Å². The molecule has 0 saturated carbocycles. The van der Waals surface area contributed by atoms with Crippen molar-refractivity contribution in [2.45, 2.75) is 12.8 Å². The minimum atomic E-state index is -1.45. The lowest BCUT2D eigenvalue weighted by atomic mass is 9.77. The van der Waals surface area contributed by atoms with Gasteiger partial charge in [-0.2, -0.15) is 0 Å². The van der Waals surface area contributed by atoms with Crippen LogP contribution in [0.3, 0.4) is 0 Å². The Hall–Kier alpha value is -2.38. The van der Waals surface area contributed by atoms with Crippen LogP contribution in [0.2, 0.25) is 0 Å². The second-order valence-corrected chi connectivity index (χ2v) is 4.64.